The van der Waals surface area contributed by atoms with E-state index in [2.05, 4.69) is 13.8 Å². The van der Waals surface area contributed by atoms with Crippen LogP contribution in [0.25, 0.3) is 0 Å². The van der Waals surface area contributed by atoms with Gasteiger partial charge in [-0.15, -0.1) is 0 Å². The maximum absolute atomic E-state index is 11.2. The maximum atomic E-state index is 11.2. The normalized spacial score (nSPS) is 13.9. The molecule has 0 aromatic heterocycles. The predicted octanol–water partition coefficient (Wildman–Crippen LogP) is 1.98. The van der Waals surface area contributed by atoms with Crippen LogP contribution in [0.4, 0.5) is 0 Å². The molecule has 0 rings (SSSR count). The number of ketones is 1. The van der Waals surface area contributed by atoms with Crippen molar-refractivity contribution in [3.05, 3.63) is 0 Å². The van der Waals surface area contributed by atoms with Gasteiger partial charge in [0.15, 0.2) is 0 Å². The van der Waals surface area contributed by atoms with Crippen molar-refractivity contribution in [2.75, 3.05) is 0 Å². The second-order valence-electron chi connectivity index (χ2n) is 4.07. The molecule has 0 aromatic carbocycles. The summed E-state index contributed by atoms with van der Waals surface area (Å²) in [5, 5.41) is 0. The molecule has 2 nitrogen and oxygen atoms in total. The summed E-state index contributed by atoms with van der Waals surface area (Å²) in [4.78, 5) is 11.2. The fourth-order valence-corrected chi connectivity index (χ4v) is 0.931. The van der Waals surface area contributed by atoms with E-state index in [4.69, 9.17) is 5.73 Å². The molecule has 0 aliphatic carbocycles. The molecule has 0 aromatic rings. The largest absolute Gasteiger partial charge is 0.327 e. The van der Waals surface area contributed by atoms with Gasteiger partial charge < -0.3 is 5.73 Å². The van der Waals surface area contributed by atoms with E-state index in [1.54, 1.807) is 0 Å². The van der Waals surface area contributed by atoms with Gasteiger partial charge in [0.2, 0.25) is 0 Å². The van der Waals surface area contributed by atoms with E-state index in [0.717, 1.165) is 6.42 Å². The summed E-state index contributed by atoms with van der Waals surface area (Å²) in [5.41, 5.74) is 5.81. The average Bonchev–Trinajstić information content (AvgIpc) is 1.98. The van der Waals surface area contributed by atoms with Crippen molar-refractivity contribution in [2.45, 2.75) is 46.6 Å². The highest BCUT2D eigenvalue weighted by atomic mass is 16.1. The molecule has 0 saturated heterocycles. The van der Waals surface area contributed by atoms with Crippen molar-refractivity contribution >= 4 is 5.78 Å². The zero-order chi connectivity index (χ0) is 9.72. The highest BCUT2D eigenvalue weighted by Crippen LogP contribution is 2.08. The first-order chi connectivity index (χ1) is 5.45. The minimum Gasteiger partial charge on any atom is -0.327 e. The van der Waals surface area contributed by atoms with Gasteiger partial charge in [0.05, 0.1) is 0 Å². The lowest BCUT2D eigenvalue weighted by Gasteiger charge is -2.15. The van der Waals surface area contributed by atoms with Crippen molar-refractivity contribution in [3.8, 4) is 0 Å². The van der Waals surface area contributed by atoms with Crippen LogP contribution in [0.15, 0.2) is 0 Å². The van der Waals surface area contributed by atoms with E-state index in [1.165, 1.54) is 0 Å². The molecule has 0 spiro atoms. The molecular weight excluding hydrogens is 150 g/mol. The zero-order valence-corrected chi connectivity index (χ0v) is 8.63. The molecule has 0 unspecified atom stereocenters. The summed E-state index contributed by atoms with van der Waals surface area (Å²) in [6, 6.07) is 0.174. The fraction of sp³-hybridized carbons (Fsp3) is 0.900. The third-order valence-corrected chi connectivity index (χ3v) is 2.22. The summed E-state index contributed by atoms with van der Waals surface area (Å²) in [6.45, 7) is 8.04. The Kier molecular flexibility index (Phi) is 5.14. The highest BCUT2D eigenvalue weighted by molar-refractivity contribution is 5.80. The monoisotopic (exact) mass is 171 g/mol. The molecule has 2 N–H and O–H groups in total. The first-order valence-corrected chi connectivity index (χ1v) is 4.73. The Balaban J connectivity index is 3.61. The average molecular weight is 171 g/mol. The van der Waals surface area contributed by atoms with Crippen LogP contribution in [0.5, 0.6) is 0 Å². The predicted molar refractivity (Wildman–Crippen MR) is 51.9 cm³/mol. The molecule has 72 valence electrons. The molecule has 12 heavy (non-hydrogen) atoms. The van der Waals surface area contributed by atoms with Crippen LogP contribution in [0.2, 0.25) is 0 Å². The van der Waals surface area contributed by atoms with E-state index < -0.39 is 0 Å². The Morgan fingerprint density at radius 2 is 1.75 bits per heavy atom. The molecule has 0 bridgehead atoms. The quantitative estimate of drug-likeness (QED) is 0.687. The Labute approximate surface area is 75.5 Å². The van der Waals surface area contributed by atoms with Gasteiger partial charge in [-0.3, -0.25) is 4.79 Å². The van der Waals surface area contributed by atoms with Gasteiger partial charge in [0.1, 0.15) is 5.78 Å². The van der Waals surface area contributed by atoms with Crippen molar-refractivity contribution in [1.82, 2.24) is 0 Å². The Morgan fingerprint density at radius 3 is 2.08 bits per heavy atom. The smallest absolute Gasteiger partial charge is 0.135 e. The number of carbonyl (C=O) groups excluding carboxylic acids is 1. The van der Waals surface area contributed by atoms with Gasteiger partial charge in [0.25, 0.3) is 0 Å². The first-order valence-electron chi connectivity index (χ1n) is 4.73. The van der Waals surface area contributed by atoms with Gasteiger partial charge in [0, 0.05) is 18.4 Å². The van der Waals surface area contributed by atoms with Crippen LogP contribution < -0.4 is 5.73 Å². The van der Waals surface area contributed by atoms with Crippen molar-refractivity contribution in [3.63, 3.8) is 0 Å². The Morgan fingerprint density at radius 1 is 1.25 bits per heavy atom. The summed E-state index contributed by atoms with van der Waals surface area (Å²) in [7, 11) is 0. The third kappa shape index (κ3) is 4.50. The number of rotatable bonds is 5. The minimum absolute atomic E-state index is 0.157. The van der Waals surface area contributed by atoms with Gasteiger partial charge in [-0.25, -0.2) is 0 Å². The molecule has 0 radical (unpaired) electrons. The van der Waals surface area contributed by atoms with Crippen LogP contribution in [0.3, 0.4) is 0 Å². The summed E-state index contributed by atoms with van der Waals surface area (Å²) >= 11 is 0. The molecule has 0 heterocycles. The Hall–Kier alpha value is -0.370. The fourth-order valence-electron chi connectivity index (χ4n) is 0.931. The van der Waals surface area contributed by atoms with Crippen LogP contribution in [0.1, 0.15) is 40.5 Å². The molecule has 0 saturated carbocycles. The Bertz CT molecular complexity index is 141. The number of carbonyl (C=O) groups is 1. The standard InChI is InChI=1S/C10H21NO/c1-7(2)9(11)5-6-10(12)8(3)4/h7-9H,5-6,11H2,1-4H3/t9-/m1/s1. The van der Waals surface area contributed by atoms with Gasteiger partial charge in [-0.05, 0) is 12.3 Å². The lowest BCUT2D eigenvalue weighted by atomic mass is 9.96. The van der Waals surface area contributed by atoms with E-state index in [1.807, 2.05) is 13.8 Å². The van der Waals surface area contributed by atoms with Gasteiger partial charge in [-0.2, -0.15) is 0 Å². The highest BCUT2D eigenvalue weighted by Gasteiger charge is 2.12. The van der Waals surface area contributed by atoms with Crippen LogP contribution in [-0.4, -0.2) is 11.8 Å². The van der Waals surface area contributed by atoms with Gasteiger partial charge in [-0.1, -0.05) is 27.7 Å². The lowest BCUT2D eigenvalue weighted by molar-refractivity contribution is -0.122. The second-order valence-corrected chi connectivity index (χ2v) is 4.07. The molecule has 0 amide bonds. The zero-order valence-electron chi connectivity index (χ0n) is 8.63. The van der Waals surface area contributed by atoms with E-state index in [-0.39, 0.29) is 12.0 Å². The van der Waals surface area contributed by atoms with Crippen LogP contribution in [0, 0.1) is 11.8 Å². The van der Waals surface area contributed by atoms with Gasteiger partial charge >= 0.3 is 0 Å². The van der Waals surface area contributed by atoms with E-state index in [0.29, 0.717) is 18.1 Å². The van der Waals surface area contributed by atoms with Crippen LogP contribution in [-0.2, 0) is 4.79 Å². The SMILES string of the molecule is CC(C)C(=O)CC[C@@H](N)C(C)C. The molecule has 2 heteroatoms. The van der Waals surface area contributed by atoms with Crippen molar-refractivity contribution < 1.29 is 4.79 Å². The van der Waals surface area contributed by atoms with Crippen molar-refractivity contribution in [2.24, 2.45) is 17.6 Å². The molecule has 0 aliphatic heterocycles. The second kappa shape index (κ2) is 5.31. The molecular formula is C10H21NO. The summed E-state index contributed by atoms with van der Waals surface area (Å²) < 4.78 is 0. The summed E-state index contributed by atoms with van der Waals surface area (Å²) in [6.07, 6.45) is 1.46. The number of Topliss-reactive ketones (excluding diaryl/α,β-unsaturated/α-hetero) is 1. The maximum Gasteiger partial charge on any atom is 0.135 e. The topological polar surface area (TPSA) is 43.1 Å². The van der Waals surface area contributed by atoms with E-state index >= 15 is 0 Å². The first kappa shape index (κ1) is 11.6. The van der Waals surface area contributed by atoms with E-state index in [9.17, 15) is 4.79 Å². The molecule has 0 fully saturated rings. The third-order valence-electron chi connectivity index (χ3n) is 2.22. The number of hydrogen-bond donors (Lipinski definition) is 1. The molecule has 1 atom stereocenters. The summed E-state index contributed by atoms with van der Waals surface area (Å²) in [5.74, 6) is 0.959. The lowest BCUT2D eigenvalue weighted by Crippen LogP contribution is -2.27. The number of nitrogens with two attached hydrogens (primary N) is 1. The molecule has 0 aliphatic rings. The minimum atomic E-state index is 0.157. The van der Waals surface area contributed by atoms with Crippen LogP contribution >= 0.6 is 0 Å². The van der Waals surface area contributed by atoms with Crippen molar-refractivity contribution in [1.29, 1.82) is 0 Å². The number of hydrogen-bond acceptors (Lipinski definition) is 2.